The van der Waals surface area contributed by atoms with E-state index < -0.39 is 28.1 Å². The van der Waals surface area contributed by atoms with Crippen molar-refractivity contribution in [1.82, 2.24) is 0 Å². The van der Waals surface area contributed by atoms with Crippen LogP contribution in [0.1, 0.15) is 26.3 Å². The maximum atomic E-state index is 13.6. The van der Waals surface area contributed by atoms with Crippen LogP contribution in [0.3, 0.4) is 0 Å². The highest BCUT2D eigenvalue weighted by atomic mass is 35.5. The number of halogens is 2. The molecule has 11 heteroatoms. The number of rotatable bonds is 6. The van der Waals surface area contributed by atoms with E-state index in [1.807, 2.05) is 0 Å². The molecule has 0 fully saturated rings. The fourth-order valence-corrected chi connectivity index (χ4v) is 5.34. The lowest BCUT2D eigenvalue weighted by Crippen LogP contribution is -2.39. The highest BCUT2D eigenvalue weighted by Crippen LogP contribution is 2.30. The summed E-state index contributed by atoms with van der Waals surface area (Å²) >= 11 is 12.1. The van der Waals surface area contributed by atoms with Crippen LogP contribution in [0.2, 0.25) is 10.0 Å². The second kappa shape index (κ2) is 9.69. The van der Waals surface area contributed by atoms with Gasteiger partial charge in [0.05, 0.1) is 10.6 Å². The van der Waals surface area contributed by atoms with Gasteiger partial charge in [-0.15, -0.1) is 0 Å². The largest absolute Gasteiger partial charge is 0.459 e. The van der Waals surface area contributed by atoms with Gasteiger partial charge in [-0.2, -0.15) is 0 Å². The Hall–Kier alpha value is -3.01. The number of hydrogen-bond acceptors (Lipinski definition) is 6. The number of carbonyl (C=O) groups excluding carboxylic acids is 1. The number of amidine groups is 1. The number of fused-ring (bicyclic) bond motifs is 1. The summed E-state index contributed by atoms with van der Waals surface area (Å²) in [6, 6.07) is 13.8. The molecule has 8 nitrogen and oxygen atoms in total. The molecular weight excluding hydrogens is 501 g/mol. The lowest BCUT2D eigenvalue weighted by atomic mass is 10.1. The molecule has 3 N–H and O–H groups in total. The van der Waals surface area contributed by atoms with Crippen LogP contribution in [-0.4, -0.2) is 37.6 Å². The van der Waals surface area contributed by atoms with Crippen molar-refractivity contribution < 1.29 is 23.2 Å². The Kier molecular flexibility index (Phi) is 7.30. The molecule has 0 aromatic heterocycles. The van der Waals surface area contributed by atoms with Gasteiger partial charge in [-0.1, -0.05) is 46.6 Å². The van der Waals surface area contributed by atoms with Gasteiger partial charge in [-0.25, -0.2) is 8.42 Å². The van der Waals surface area contributed by atoms with Gasteiger partial charge in [-0.3, -0.25) is 9.10 Å². The average molecular weight is 524 g/mol. The van der Waals surface area contributed by atoms with Crippen LogP contribution >= 0.6 is 23.2 Å². The summed E-state index contributed by atoms with van der Waals surface area (Å²) in [4.78, 5) is 12.5. The van der Waals surface area contributed by atoms with Crippen LogP contribution in [0.4, 0.5) is 5.69 Å². The second-order valence-corrected chi connectivity index (χ2v) is 11.2. The van der Waals surface area contributed by atoms with Crippen molar-refractivity contribution >= 4 is 61.5 Å². The maximum absolute atomic E-state index is 13.6. The fourth-order valence-electron chi connectivity index (χ4n) is 3.22. The highest BCUT2D eigenvalue weighted by molar-refractivity contribution is 7.92. The number of carbonyl (C=O) groups is 1. The van der Waals surface area contributed by atoms with E-state index in [0.717, 1.165) is 4.31 Å². The molecule has 0 saturated heterocycles. The number of anilines is 1. The van der Waals surface area contributed by atoms with E-state index in [1.54, 1.807) is 57.2 Å². The van der Waals surface area contributed by atoms with Crippen molar-refractivity contribution in [1.29, 1.82) is 0 Å². The molecule has 180 valence electrons. The van der Waals surface area contributed by atoms with Crippen LogP contribution in [0.25, 0.3) is 10.8 Å². The molecule has 34 heavy (non-hydrogen) atoms. The summed E-state index contributed by atoms with van der Waals surface area (Å²) in [6.07, 6.45) is 0. The second-order valence-electron chi connectivity index (χ2n) is 8.43. The van der Waals surface area contributed by atoms with Gasteiger partial charge in [0.2, 0.25) is 0 Å². The molecule has 0 radical (unpaired) electrons. The van der Waals surface area contributed by atoms with Crippen molar-refractivity contribution in [3.63, 3.8) is 0 Å². The third kappa shape index (κ3) is 5.91. The molecule has 3 aromatic carbocycles. The molecule has 0 bridgehead atoms. The van der Waals surface area contributed by atoms with Crippen molar-refractivity contribution in [2.75, 3.05) is 10.8 Å². The van der Waals surface area contributed by atoms with Gasteiger partial charge in [0.1, 0.15) is 12.1 Å². The quantitative estimate of drug-likeness (QED) is 0.157. The number of hydrogen-bond donors (Lipinski definition) is 2. The van der Waals surface area contributed by atoms with Crippen LogP contribution < -0.4 is 10.0 Å². The summed E-state index contributed by atoms with van der Waals surface area (Å²) in [5.41, 5.74) is 5.57. The monoisotopic (exact) mass is 523 g/mol. The molecule has 0 aliphatic heterocycles. The standard InChI is InChI=1S/C23H23Cl2N3O5S/c1-23(2,3)33-21(29)13-28(34(31,32)20-11-17(24)10-18(25)12-20)19-7-6-14-8-16(22(26)27-30)5-4-15(14)9-19/h4-12,30H,13H2,1-3H3,(H2,26,27). The Bertz CT molecular complexity index is 1360. The molecule has 0 aliphatic carbocycles. The van der Waals surface area contributed by atoms with E-state index in [0.29, 0.717) is 16.3 Å². The SMILES string of the molecule is CC(C)(C)OC(=O)CN(c1ccc2cc(C(N)=NO)ccc2c1)S(=O)(=O)c1cc(Cl)cc(Cl)c1. The predicted octanol–water partition coefficient (Wildman–Crippen LogP) is 4.78. The zero-order valence-corrected chi connectivity index (χ0v) is 20.9. The molecule has 0 aliphatic rings. The van der Waals surface area contributed by atoms with E-state index >= 15 is 0 Å². The van der Waals surface area contributed by atoms with Crippen LogP contribution in [0.15, 0.2) is 64.6 Å². The van der Waals surface area contributed by atoms with Crippen LogP contribution in [0, 0.1) is 0 Å². The first kappa shape index (κ1) is 25.6. The Labute approximate surface area is 207 Å². The van der Waals surface area contributed by atoms with Crippen molar-refractivity contribution in [3.8, 4) is 0 Å². The molecule has 0 spiro atoms. The lowest BCUT2D eigenvalue weighted by Gasteiger charge is -2.26. The summed E-state index contributed by atoms with van der Waals surface area (Å²) < 4.78 is 33.5. The smallest absolute Gasteiger partial charge is 0.327 e. The highest BCUT2D eigenvalue weighted by Gasteiger charge is 2.30. The topological polar surface area (TPSA) is 122 Å². The van der Waals surface area contributed by atoms with E-state index in [-0.39, 0.29) is 26.5 Å². The summed E-state index contributed by atoms with van der Waals surface area (Å²) in [7, 11) is -4.25. The molecule has 3 rings (SSSR count). The molecular formula is C23H23Cl2N3O5S. The van der Waals surface area contributed by atoms with Gasteiger partial charge < -0.3 is 15.7 Å². The third-order valence-corrected chi connectivity index (χ3v) is 6.82. The Balaban J connectivity index is 2.12. The van der Waals surface area contributed by atoms with E-state index in [2.05, 4.69) is 5.16 Å². The van der Waals surface area contributed by atoms with Gasteiger partial charge >= 0.3 is 5.97 Å². The molecule has 0 heterocycles. The fraction of sp³-hybridized carbons (Fsp3) is 0.217. The molecule has 3 aromatic rings. The molecule has 0 unspecified atom stereocenters. The summed E-state index contributed by atoms with van der Waals surface area (Å²) in [5.74, 6) is -0.787. The van der Waals surface area contributed by atoms with E-state index in [1.165, 1.54) is 18.2 Å². The van der Waals surface area contributed by atoms with Crippen molar-refractivity contribution in [3.05, 3.63) is 70.2 Å². The van der Waals surface area contributed by atoms with Gasteiger partial charge in [-0.05, 0) is 67.9 Å². The first-order chi connectivity index (χ1) is 15.8. The van der Waals surface area contributed by atoms with E-state index in [9.17, 15) is 13.2 Å². The number of esters is 1. The number of sulfonamides is 1. The van der Waals surface area contributed by atoms with Gasteiger partial charge in [0, 0.05) is 15.6 Å². The first-order valence-corrected chi connectivity index (χ1v) is 12.2. The Morgan fingerprint density at radius 3 is 2.21 bits per heavy atom. The zero-order chi connectivity index (χ0) is 25.3. The molecule has 0 amide bonds. The molecule has 0 atom stereocenters. The van der Waals surface area contributed by atoms with Crippen molar-refractivity contribution in [2.45, 2.75) is 31.3 Å². The number of benzene rings is 3. The van der Waals surface area contributed by atoms with Crippen LogP contribution in [0.5, 0.6) is 0 Å². The Morgan fingerprint density at radius 2 is 1.62 bits per heavy atom. The number of oxime groups is 1. The van der Waals surface area contributed by atoms with Gasteiger partial charge in [0.25, 0.3) is 10.0 Å². The average Bonchev–Trinajstić information content (AvgIpc) is 2.74. The zero-order valence-electron chi connectivity index (χ0n) is 18.6. The summed E-state index contributed by atoms with van der Waals surface area (Å²) in [5, 5.41) is 13.5. The number of ether oxygens (including phenoxy) is 1. The third-order valence-electron chi connectivity index (χ3n) is 4.63. The van der Waals surface area contributed by atoms with E-state index in [4.69, 9.17) is 38.9 Å². The summed E-state index contributed by atoms with van der Waals surface area (Å²) in [6.45, 7) is 4.50. The maximum Gasteiger partial charge on any atom is 0.327 e. The minimum Gasteiger partial charge on any atom is -0.459 e. The first-order valence-electron chi connectivity index (χ1n) is 10.0. The lowest BCUT2D eigenvalue weighted by molar-refractivity contribution is -0.152. The molecule has 0 saturated carbocycles. The van der Waals surface area contributed by atoms with Gasteiger partial charge in [0.15, 0.2) is 5.84 Å². The predicted molar refractivity (Wildman–Crippen MR) is 133 cm³/mol. The van der Waals surface area contributed by atoms with Crippen LogP contribution in [-0.2, 0) is 19.6 Å². The normalized spacial score (nSPS) is 12.6. The van der Waals surface area contributed by atoms with Crippen molar-refractivity contribution in [2.24, 2.45) is 10.9 Å². The number of nitrogens with zero attached hydrogens (tertiary/aromatic N) is 2. The minimum atomic E-state index is -4.25. The number of nitrogens with two attached hydrogens (primary N) is 1. The minimum absolute atomic E-state index is 0.0575. The Morgan fingerprint density at radius 1 is 1.03 bits per heavy atom.